The summed E-state index contributed by atoms with van der Waals surface area (Å²) >= 11 is 1.62. The molecule has 0 radical (unpaired) electrons. The molecule has 38 heavy (non-hydrogen) atoms. The lowest BCUT2D eigenvalue weighted by atomic mass is 9.92. The van der Waals surface area contributed by atoms with Gasteiger partial charge in [0.05, 0.1) is 40.0 Å². The number of thiophene rings is 1. The molecule has 0 fully saturated rings. The number of H-pyrrole nitrogens is 2. The zero-order chi connectivity index (χ0) is 26.4. The minimum Gasteiger partial charge on any atom is -0.337 e. The molecule has 5 aromatic heterocycles. The van der Waals surface area contributed by atoms with E-state index in [0.29, 0.717) is 34.7 Å². The smallest absolute Gasteiger partial charge is 0.224 e. The fourth-order valence-corrected chi connectivity index (χ4v) is 5.12. The van der Waals surface area contributed by atoms with Crippen molar-refractivity contribution < 1.29 is 9.18 Å². The number of amides is 1. The van der Waals surface area contributed by atoms with Crippen LogP contribution in [0, 0.1) is 11.2 Å². The number of carbonyl (C=O) groups is 1. The van der Waals surface area contributed by atoms with Gasteiger partial charge in [0.15, 0.2) is 11.6 Å². The number of fused-ring (bicyclic) bond motifs is 2. The Morgan fingerprint density at radius 3 is 2.74 bits per heavy atom. The van der Waals surface area contributed by atoms with Crippen LogP contribution >= 0.6 is 11.3 Å². The van der Waals surface area contributed by atoms with Crippen molar-refractivity contribution in [1.29, 1.82) is 0 Å². The number of imidazole rings is 1. The van der Waals surface area contributed by atoms with Crippen LogP contribution in [0.15, 0.2) is 59.7 Å². The highest BCUT2D eigenvalue weighted by molar-refractivity contribution is 7.08. The minimum atomic E-state index is -0.551. The van der Waals surface area contributed by atoms with Gasteiger partial charge in [-0.1, -0.05) is 32.9 Å². The second-order valence-electron chi connectivity index (χ2n) is 10.3. The number of aromatic amines is 2. The van der Waals surface area contributed by atoms with Gasteiger partial charge in [0.25, 0.3) is 0 Å². The molecule has 5 heterocycles. The van der Waals surface area contributed by atoms with Crippen LogP contribution in [0.2, 0.25) is 0 Å². The van der Waals surface area contributed by atoms with Crippen LogP contribution < -0.4 is 5.32 Å². The number of hydrogen-bond acceptors (Lipinski definition) is 6. The van der Waals surface area contributed by atoms with Gasteiger partial charge in [-0.25, -0.2) is 9.37 Å². The summed E-state index contributed by atoms with van der Waals surface area (Å²) in [6.45, 7) is 5.97. The van der Waals surface area contributed by atoms with E-state index in [2.05, 4.69) is 35.8 Å². The zero-order valence-corrected chi connectivity index (χ0v) is 21.8. The summed E-state index contributed by atoms with van der Waals surface area (Å²) in [6.07, 6.45) is 4.93. The van der Waals surface area contributed by atoms with Gasteiger partial charge in [-0.05, 0) is 39.9 Å². The molecule has 0 unspecified atom stereocenters. The van der Waals surface area contributed by atoms with E-state index in [1.807, 2.05) is 50.4 Å². The van der Waals surface area contributed by atoms with Crippen LogP contribution in [0.5, 0.6) is 0 Å². The first kappa shape index (κ1) is 23.9. The van der Waals surface area contributed by atoms with E-state index in [0.717, 1.165) is 22.2 Å². The maximum atomic E-state index is 16.0. The fraction of sp³-hybridized carbons (Fsp3) is 0.179. The summed E-state index contributed by atoms with van der Waals surface area (Å²) in [5.74, 6) is -0.236. The zero-order valence-electron chi connectivity index (χ0n) is 21.0. The highest BCUT2D eigenvalue weighted by atomic mass is 32.1. The number of rotatable bonds is 5. The van der Waals surface area contributed by atoms with Crippen molar-refractivity contribution in [3.05, 3.63) is 65.5 Å². The third-order valence-corrected chi connectivity index (χ3v) is 6.78. The van der Waals surface area contributed by atoms with Crippen LogP contribution in [-0.4, -0.2) is 36.0 Å². The first-order valence-corrected chi connectivity index (χ1v) is 13.0. The lowest BCUT2D eigenvalue weighted by Crippen LogP contribution is -2.19. The number of aromatic nitrogens is 6. The van der Waals surface area contributed by atoms with E-state index in [-0.39, 0.29) is 22.4 Å². The van der Waals surface area contributed by atoms with Crippen molar-refractivity contribution in [1.82, 2.24) is 30.1 Å². The number of halogens is 1. The van der Waals surface area contributed by atoms with Crippen molar-refractivity contribution in [3.8, 4) is 33.9 Å². The van der Waals surface area contributed by atoms with E-state index in [4.69, 9.17) is 4.98 Å². The average molecular weight is 526 g/mol. The average Bonchev–Trinajstić information content (AvgIpc) is 3.62. The lowest BCUT2D eigenvalue weighted by Gasteiger charge is -2.17. The quantitative estimate of drug-likeness (QED) is 0.229. The molecule has 0 saturated carbocycles. The van der Waals surface area contributed by atoms with E-state index >= 15 is 4.39 Å². The largest absolute Gasteiger partial charge is 0.337 e. The topological polar surface area (TPSA) is 112 Å². The molecule has 0 aliphatic carbocycles. The molecule has 1 amide bonds. The molecule has 190 valence electrons. The summed E-state index contributed by atoms with van der Waals surface area (Å²) in [5, 5.41) is 14.4. The summed E-state index contributed by atoms with van der Waals surface area (Å²) in [4.78, 5) is 29.0. The molecule has 8 nitrogen and oxygen atoms in total. The van der Waals surface area contributed by atoms with Crippen molar-refractivity contribution in [2.75, 3.05) is 5.32 Å². The van der Waals surface area contributed by atoms with Gasteiger partial charge < -0.3 is 10.3 Å². The lowest BCUT2D eigenvalue weighted by molar-refractivity contribution is -0.117. The van der Waals surface area contributed by atoms with Gasteiger partial charge in [0, 0.05) is 23.7 Å². The van der Waals surface area contributed by atoms with Gasteiger partial charge in [-0.3, -0.25) is 19.9 Å². The molecule has 10 heteroatoms. The number of carbonyl (C=O) groups excluding carboxylic acids is 1. The first-order chi connectivity index (χ1) is 18.3. The molecule has 1 aromatic carbocycles. The van der Waals surface area contributed by atoms with Crippen LogP contribution in [0.25, 0.3) is 55.8 Å². The fourth-order valence-electron chi connectivity index (χ4n) is 4.47. The van der Waals surface area contributed by atoms with E-state index in [1.54, 1.807) is 17.4 Å². The number of anilines is 1. The Bertz CT molecular complexity index is 1800. The van der Waals surface area contributed by atoms with Crippen molar-refractivity contribution >= 4 is 44.9 Å². The Labute approximate surface area is 221 Å². The van der Waals surface area contributed by atoms with Crippen LogP contribution in [-0.2, 0) is 4.79 Å². The second kappa shape index (κ2) is 9.14. The molecule has 0 spiro atoms. The number of para-hydroxylation sites is 1. The van der Waals surface area contributed by atoms with Gasteiger partial charge in [-0.2, -0.15) is 16.4 Å². The number of pyridine rings is 2. The minimum absolute atomic E-state index is 0.106. The highest BCUT2D eigenvalue weighted by Gasteiger charge is 2.22. The Kier molecular flexibility index (Phi) is 5.76. The van der Waals surface area contributed by atoms with Crippen LogP contribution in [0.1, 0.15) is 27.2 Å². The molecule has 0 bridgehead atoms. The second-order valence-corrected chi connectivity index (χ2v) is 11.1. The number of benzene rings is 1. The summed E-state index contributed by atoms with van der Waals surface area (Å²) in [6, 6.07) is 9.62. The van der Waals surface area contributed by atoms with Crippen molar-refractivity contribution in [2.24, 2.45) is 5.41 Å². The predicted octanol–water partition coefficient (Wildman–Crippen LogP) is 6.81. The monoisotopic (exact) mass is 525 g/mol. The predicted molar refractivity (Wildman–Crippen MR) is 148 cm³/mol. The molecule has 6 rings (SSSR count). The summed E-state index contributed by atoms with van der Waals surface area (Å²) < 4.78 is 16.0. The van der Waals surface area contributed by atoms with Gasteiger partial charge in [0.1, 0.15) is 11.4 Å². The van der Waals surface area contributed by atoms with Crippen molar-refractivity contribution in [2.45, 2.75) is 27.2 Å². The highest BCUT2D eigenvalue weighted by Crippen LogP contribution is 2.35. The number of nitrogens with one attached hydrogen (secondary N) is 3. The molecular weight excluding hydrogens is 501 g/mol. The Morgan fingerprint density at radius 2 is 1.95 bits per heavy atom. The van der Waals surface area contributed by atoms with Crippen molar-refractivity contribution in [3.63, 3.8) is 0 Å². The Hall–Kier alpha value is -4.44. The molecule has 6 aromatic rings. The van der Waals surface area contributed by atoms with Gasteiger partial charge >= 0.3 is 0 Å². The van der Waals surface area contributed by atoms with E-state index in [9.17, 15) is 4.79 Å². The molecule has 0 aliphatic rings. The maximum absolute atomic E-state index is 16.0. The van der Waals surface area contributed by atoms with Crippen LogP contribution in [0.4, 0.5) is 10.1 Å². The molecule has 3 N–H and O–H groups in total. The van der Waals surface area contributed by atoms with E-state index in [1.165, 1.54) is 18.6 Å². The third kappa shape index (κ3) is 4.43. The third-order valence-electron chi connectivity index (χ3n) is 6.10. The SMILES string of the molecule is CC(C)(C)CC(=O)Nc1cncc(-c2ncc3[nH]nc(-c4nc5c(-c6ccsc6)cccc5[nH]4)c3c2F)c1. The molecule has 0 atom stereocenters. The first-order valence-electron chi connectivity index (χ1n) is 12.1. The number of hydrogen-bond donors (Lipinski definition) is 3. The Balaban J connectivity index is 1.40. The molecule has 0 saturated heterocycles. The normalized spacial score (nSPS) is 11.9. The summed E-state index contributed by atoms with van der Waals surface area (Å²) in [7, 11) is 0. The molecule has 0 aliphatic heterocycles. The van der Waals surface area contributed by atoms with Crippen LogP contribution in [0.3, 0.4) is 0 Å². The van der Waals surface area contributed by atoms with Gasteiger partial charge in [0.2, 0.25) is 5.91 Å². The molecular formula is C28H24FN7OS. The Morgan fingerprint density at radius 1 is 1.08 bits per heavy atom. The maximum Gasteiger partial charge on any atom is 0.224 e. The number of nitrogens with zero attached hydrogens (tertiary/aromatic N) is 4. The van der Waals surface area contributed by atoms with E-state index < -0.39 is 5.82 Å². The summed E-state index contributed by atoms with van der Waals surface area (Å²) in [5.41, 5.74) is 5.35. The van der Waals surface area contributed by atoms with Gasteiger partial charge in [-0.15, -0.1) is 0 Å². The standard InChI is InChI=1S/C28H24FN7OS/c1-28(2,3)10-21(37)32-17-9-16(11-30-12-17)24-23(29)22-20(13-31-24)35-36-26(22)27-33-19-6-4-5-18(25(19)34-27)15-7-8-38-14-15/h4-9,11-14H,10H2,1-3H3,(H,32,37)(H,33,34)(H,35,36).